The number of benzene rings is 2. The van der Waals surface area contributed by atoms with Crippen molar-refractivity contribution in [2.75, 3.05) is 27.2 Å². The van der Waals surface area contributed by atoms with Crippen LogP contribution in [0, 0.1) is 5.82 Å². The smallest absolute Gasteiger partial charge is 0.243 e. The zero-order valence-corrected chi connectivity index (χ0v) is 16.7. The number of hydrogen-bond donors (Lipinski definition) is 0. The molecule has 0 unspecified atom stereocenters. The van der Waals surface area contributed by atoms with Crippen molar-refractivity contribution in [3.05, 3.63) is 72.6 Å². The lowest BCUT2D eigenvalue weighted by molar-refractivity contribution is -0.130. The number of carbonyl (C=O) groups excluding carboxylic acids is 1. The Morgan fingerprint density at radius 1 is 1.11 bits per heavy atom. The fraction of sp³-hybridized carbons (Fsp3) is 0.250. The van der Waals surface area contributed by atoms with Crippen molar-refractivity contribution < 1.29 is 22.3 Å². The number of likely N-dealkylation sites (N-methyl/N-ethyl adjacent to an activating group) is 2. The van der Waals surface area contributed by atoms with Gasteiger partial charge >= 0.3 is 0 Å². The van der Waals surface area contributed by atoms with Crippen LogP contribution in [0.3, 0.4) is 0 Å². The fourth-order valence-electron chi connectivity index (χ4n) is 2.39. The summed E-state index contributed by atoms with van der Waals surface area (Å²) in [5.41, 5.74) is 0.880. The molecule has 2 aromatic rings. The third kappa shape index (κ3) is 5.64. The van der Waals surface area contributed by atoms with Gasteiger partial charge in [-0.2, -0.15) is 4.31 Å². The van der Waals surface area contributed by atoms with E-state index in [0.29, 0.717) is 18.9 Å². The quantitative estimate of drug-likeness (QED) is 0.601. The average molecular weight is 406 g/mol. The second-order valence-corrected chi connectivity index (χ2v) is 8.25. The Hall–Kier alpha value is -2.71. The molecule has 0 fully saturated rings. The van der Waals surface area contributed by atoms with Gasteiger partial charge in [0.05, 0.1) is 11.4 Å². The summed E-state index contributed by atoms with van der Waals surface area (Å²) >= 11 is 0. The number of rotatable bonds is 9. The molecule has 8 heteroatoms. The lowest BCUT2D eigenvalue weighted by Gasteiger charge is -2.22. The summed E-state index contributed by atoms with van der Waals surface area (Å²) in [6, 6.07) is 11.7. The van der Waals surface area contributed by atoms with Crippen molar-refractivity contribution >= 4 is 15.9 Å². The molecule has 0 bridgehead atoms. The van der Waals surface area contributed by atoms with E-state index in [9.17, 15) is 17.6 Å². The Morgan fingerprint density at radius 3 is 2.29 bits per heavy atom. The number of carbonyl (C=O) groups is 1. The molecule has 28 heavy (non-hydrogen) atoms. The molecule has 0 atom stereocenters. The van der Waals surface area contributed by atoms with Crippen molar-refractivity contribution in [2.45, 2.75) is 11.4 Å². The topological polar surface area (TPSA) is 66.9 Å². The van der Waals surface area contributed by atoms with Crippen LogP contribution in [-0.2, 0) is 21.4 Å². The summed E-state index contributed by atoms with van der Waals surface area (Å²) < 4.78 is 44.4. The predicted octanol–water partition coefficient (Wildman–Crippen LogP) is 2.67. The molecule has 0 saturated heterocycles. The Kier molecular flexibility index (Phi) is 7.31. The number of nitrogens with zero attached hydrogens (tertiary/aromatic N) is 2. The highest BCUT2D eigenvalue weighted by atomic mass is 32.2. The van der Waals surface area contributed by atoms with Crippen molar-refractivity contribution in [1.82, 2.24) is 9.21 Å². The van der Waals surface area contributed by atoms with E-state index in [4.69, 9.17) is 4.74 Å². The van der Waals surface area contributed by atoms with E-state index in [-0.39, 0.29) is 17.3 Å². The number of hydrogen-bond acceptors (Lipinski definition) is 4. The molecule has 0 saturated carbocycles. The molecule has 6 nitrogen and oxygen atoms in total. The Balaban J connectivity index is 1.97. The summed E-state index contributed by atoms with van der Waals surface area (Å²) in [4.78, 5) is 13.8. The first-order valence-electron chi connectivity index (χ1n) is 8.52. The van der Waals surface area contributed by atoms with Gasteiger partial charge in [-0.05, 0) is 42.0 Å². The van der Waals surface area contributed by atoms with Crippen LogP contribution in [0.25, 0.3) is 0 Å². The van der Waals surface area contributed by atoms with Crippen LogP contribution in [0.4, 0.5) is 4.39 Å². The molecule has 0 N–H and O–H groups in total. The molecule has 0 spiro atoms. The standard InChI is InChI=1S/C20H23FN2O4S/c1-4-13-27-18-9-5-16(6-10-18)14-22(2)20(24)15-23(3)28(25,26)19-11-7-17(21)8-12-19/h4-12H,1,13-15H2,2-3H3. The van der Waals surface area contributed by atoms with Crippen molar-refractivity contribution in [3.8, 4) is 5.75 Å². The molecule has 1 amide bonds. The van der Waals surface area contributed by atoms with Gasteiger partial charge in [-0.15, -0.1) is 0 Å². The molecule has 0 aliphatic heterocycles. The van der Waals surface area contributed by atoms with Crippen molar-refractivity contribution in [1.29, 1.82) is 0 Å². The van der Waals surface area contributed by atoms with E-state index in [1.54, 1.807) is 25.3 Å². The van der Waals surface area contributed by atoms with E-state index in [2.05, 4.69) is 6.58 Å². The first kappa shape index (κ1) is 21.6. The largest absolute Gasteiger partial charge is 0.490 e. The van der Waals surface area contributed by atoms with Crippen molar-refractivity contribution in [3.63, 3.8) is 0 Å². The average Bonchev–Trinajstić information content (AvgIpc) is 2.67. The SMILES string of the molecule is C=CCOc1ccc(CN(C)C(=O)CN(C)S(=O)(=O)c2ccc(F)cc2)cc1. The fourth-order valence-corrected chi connectivity index (χ4v) is 3.51. The lowest BCUT2D eigenvalue weighted by atomic mass is 10.2. The highest BCUT2D eigenvalue weighted by molar-refractivity contribution is 7.89. The van der Waals surface area contributed by atoms with Crippen LogP contribution < -0.4 is 4.74 Å². The van der Waals surface area contributed by atoms with Gasteiger partial charge in [0.2, 0.25) is 15.9 Å². The normalized spacial score (nSPS) is 11.3. The summed E-state index contributed by atoms with van der Waals surface area (Å²) in [5.74, 6) is -0.193. The summed E-state index contributed by atoms with van der Waals surface area (Å²) in [5, 5.41) is 0. The minimum Gasteiger partial charge on any atom is -0.490 e. The first-order valence-corrected chi connectivity index (χ1v) is 9.96. The van der Waals surface area contributed by atoms with Crippen LogP contribution in [0.2, 0.25) is 0 Å². The molecule has 2 rings (SSSR count). The Morgan fingerprint density at radius 2 is 1.71 bits per heavy atom. The summed E-state index contributed by atoms with van der Waals surface area (Å²) in [6.07, 6.45) is 1.65. The van der Waals surface area contributed by atoms with Gasteiger partial charge in [0, 0.05) is 20.6 Å². The molecule has 0 aromatic heterocycles. The second-order valence-electron chi connectivity index (χ2n) is 6.21. The molecule has 0 aliphatic carbocycles. The van der Waals surface area contributed by atoms with Crippen LogP contribution in [0.5, 0.6) is 5.75 Å². The Bertz CT molecular complexity index is 912. The zero-order chi connectivity index (χ0) is 20.7. The van der Waals surface area contributed by atoms with E-state index in [1.807, 2.05) is 12.1 Å². The van der Waals surface area contributed by atoms with Gasteiger partial charge in [0.1, 0.15) is 18.2 Å². The Labute approximate surface area is 164 Å². The number of amides is 1. The van der Waals surface area contributed by atoms with Gasteiger partial charge in [-0.25, -0.2) is 12.8 Å². The van der Waals surface area contributed by atoms with Gasteiger partial charge < -0.3 is 9.64 Å². The zero-order valence-electron chi connectivity index (χ0n) is 15.8. The number of sulfonamides is 1. The minimum absolute atomic E-state index is 0.0676. The van der Waals surface area contributed by atoms with Crippen LogP contribution in [0.15, 0.2) is 66.1 Å². The van der Waals surface area contributed by atoms with E-state index in [0.717, 1.165) is 22.0 Å². The molecule has 0 radical (unpaired) electrons. The van der Waals surface area contributed by atoms with Gasteiger partial charge in [-0.1, -0.05) is 24.8 Å². The highest BCUT2D eigenvalue weighted by Crippen LogP contribution is 2.16. The molecule has 0 aliphatic rings. The maximum Gasteiger partial charge on any atom is 0.243 e. The maximum atomic E-state index is 13.0. The number of ether oxygens (including phenoxy) is 1. The predicted molar refractivity (Wildman–Crippen MR) is 105 cm³/mol. The van der Waals surface area contributed by atoms with Gasteiger partial charge in [0.15, 0.2) is 0 Å². The molecular formula is C20H23FN2O4S. The van der Waals surface area contributed by atoms with E-state index >= 15 is 0 Å². The van der Waals surface area contributed by atoms with Crippen molar-refractivity contribution in [2.24, 2.45) is 0 Å². The van der Waals surface area contributed by atoms with Gasteiger partial charge in [-0.3, -0.25) is 4.79 Å². The minimum atomic E-state index is -3.88. The van der Waals surface area contributed by atoms with Gasteiger partial charge in [0.25, 0.3) is 0 Å². The van der Waals surface area contributed by atoms with E-state index < -0.39 is 15.8 Å². The summed E-state index contributed by atoms with van der Waals surface area (Å²) in [7, 11) is -0.961. The third-order valence-corrected chi connectivity index (χ3v) is 5.83. The molecule has 0 heterocycles. The molecular weight excluding hydrogens is 383 g/mol. The maximum absolute atomic E-state index is 13.0. The molecule has 2 aromatic carbocycles. The molecule has 150 valence electrons. The third-order valence-electron chi connectivity index (χ3n) is 4.02. The second kappa shape index (κ2) is 9.48. The summed E-state index contributed by atoms with van der Waals surface area (Å²) in [6.45, 7) is 3.99. The van der Waals surface area contributed by atoms with E-state index in [1.165, 1.54) is 24.1 Å². The lowest BCUT2D eigenvalue weighted by Crippen LogP contribution is -2.39. The van der Waals surface area contributed by atoms with Crippen LogP contribution >= 0.6 is 0 Å². The monoisotopic (exact) mass is 406 g/mol. The first-order chi connectivity index (χ1) is 13.2. The highest BCUT2D eigenvalue weighted by Gasteiger charge is 2.24. The van der Waals surface area contributed by atoms with Crippen LogP contribution in [0.1, 0.15) is 5.56 Å². The number of halogens is 1. The van der Waals surface area contributed by atoms with Crippen LogP contribution in [-0.4, -0.2) is 50.8 Å².